The van der Waals surface area contributed by atoms with Crippen molar-refractivity contribution in [1.29, 1.82) is 0 Å². The summed E-state index contributed by atoms with van der Waals surface area (Å²) in [6.07, 6.45) is -4.77. The maximum atomic E-state index is 13.2. The molecule has 0 bridgehead atoms. The van der Waals surface area contributed by atoms with Gasteiger partial charge in [-0.25, -0.2) is 9.78 Å². The lowest BCUT2D eigenvalue weighted by atomic mass is 10.3. The summed E-state index contributed by atoms with van der Waals surface area (Å²) < 4.78 is 44.8. The third kappa shape index (κ3) is 5.43. The summed E-state index contributed by atoms with van der Waals surface area (Å²) in [5.74, 6) is -3.24. The number of carbonyl (C=O) groups excluding carboxylic acids is 3. The largest absolute Gasteiger partial charge is 0.454 e. The van der Waals surface area contributed by atoms with Gasteiger partial charge in [0.2, 0.25) is 5.82 Å². The van der Waals surface area contributed by atoms with E-state index < -0.39 is 43.1 Å². The Morgan fingerprint density at radius 3 is 2.52 bits per heavy atom. The van der Waals surface area contributed by atoms with E-state index in [-0.39, 0.29) is 17.1 Å². The Kier molecular flexibility index (Phi) is 6.03. The number of ether oxygens (including phenoxy) is 1. The molecule has 2 aromatic rings. The molecular formula is C16H17F3N4O4. The second kappa shape index (κ2) is 8.06. The van der Waals surface area contributed by atoms with Crippen LogP contribution in [0.4, 0.5) is 18.0 Å². The summed E-state index contributed by atoms with van der Waals surface area (Å²) >= 11 is 0. The van der Waals surface area contributed by atoms with Crippen molar-refractivity contribution in [3.05, 3.63) is 30.1 Å². The number of esters is 1. The molecule has 1 aromatic heterocycles. The fourth-order valence-electron chi connectivity index (χ4n) is 2.23. The quantitative estimate of drug-likeness (QED) is 0.764. The van der Waals surface area contributed by atoms with Gasteiger partial charge < -0.3 is 14.6 Å². The van der Waals surface area contributed by atoms with Crippen LogP contribution >= 0.6 is 0 Å². The number of rotatable bonds is 5. The van der Waals surface area contributed by atoms with E-state index in [1.165, 1.54) is 24.3 Å². The third-order valence-corrected chi connectivity index (χ3v) is 3.23. The monoisotopic (exact) mass is 386 g/mol. The molecule has 2 rings (SSSR count). The lowest BCUT2D eigenvalue weighted by Gasteiger charge is -2.12. The van der Waals surface area contributed by atoms with Crippen molar-refractivity contribution >= 4 is 28.9 Å². The van der Waals surface area contributed by atoms with Crippen LogP contribution in [0, 0.1) is 0 Å². The number of imidazole rings is 1. The van der Waals surface area contributed by atoms with Gasteiger partial charge in [0.25, 0.3) is 5.91 Å². The Balaban J connectivity index is 2.04. The number of imide groups is 1. The average molecular weight is 386 g/mol. The summed E-state index contributed by atoms with van der Waals surface area (Å²) in [6.45, 7) is 1.76. The first-order chi connectivity index (χ1) is 12.6. The summed E-state index contributed by atoms with van der Waals surface area (Å²) in [4.78, 5) is 38.3. The molecule has 27 heavy (non-hydrogen) atoms. The van der Waals surface area contributed by atoms with Crippen LogP contribution in [0.1, 0.15) is 19.7 Å². The Morgan fingerprint density at radius 1 is 1.22 bits per heavy atom. The van der Waals surface area contributed by atoms with Gasteiger partial charge in [0.15, 0.2) is 6.61 Å². The maximum absolute atomic E-state index is 13.2. The van der Waals surface area contributed by atoms with E-state index in [0.29, 0.717) is 4.57 Å². The summed E-state index contributed by atoms with van der Waals surface area (Å²) in [5.41, 5.74) is 0.170. The molecule has 0 saturated carbocycles. The van der Waals surface area contributed by atoms with Crippen LogP contribution in [0.2, 0.25) is 0 Å². The average Bonchev–Trinajstić information content (AvgIpc) is 2.91. The van der Waals surface area contributed by atoms with Crippen molar-refractivity contribution < 1.29 is 32.3 Å². The van der Waals surface area contributed by atoms with E-state index in [4.69, 9.17) is 0 Å². The molecule has 11 heteroatoms. The second-order valence-corrected chi connectivity index (χ2v) is 5.85. The minimum Gasteiger partial charge on any atom is -0.454 e. The molecule has 1 heterocycles. The highest BCUT2D eigenvalue weighted by atomic mass is 19.4. The molecule has 0 spiro atoms. The van der Waals surface area contributed by atoms with Crippen LogP contribution in [-0.4, -0.2) is 40.1 Å². The van der Waals surface area contributed by atoms with Crippen LogP contribution in [0.15, 0.2) is 24.3 Å². The first kappa shape index (κ1) is 20.2. The molecule has 0 radical (unpaired) electrons. The van der Waals surface area contributed by atoms with Crippen LogP contribution in [0.3, 0.4) is 0 Å². The zero-order valence-corrected chi connectivity index (χ0v) is 14.5. The van der Waals surface area contributed by atoms with E-state index in [9.17, 15) is 27.6 Å². The number of aromatic nitrogens is 2. The first-order valence-electron chi connectivity index (χ1n) is 7.86. The molecule has 1 aromatic carbocycles. The minimum atomic E-state index is -4.77. The van der Waals surface area contributed by atoms with Gasteiger partial charge in [-0.1, -0.05) is 12.1 Å². The molecule has 0 aliphatic carbocycles. The van der Waals surface area contributed by atoms with Crippen LogP contribution in [0.5, 0.6) is 0 Å². The van der Waals surface area contributed by atoms with Gasteiger partial charge in [0.1, 0.15) is 6.54 Å². The van der Waals surface area contributed by atoms with Crippen molar-refractivity contribution in [3.63, 3.8) is 0 Å². The molecular weight excluding hydrogens is 369 g/mol. The van der Waals surface area contributed by atoms with Crippen LogP contribution < -0.4 is 10.6 Å². The van der Waals surface area contributed by atoms with Gasteiger partial charge in [0, 0.05) is 6.04 Å². The van der Waals surface area contributed by atoms with Gasteiger partial charge in [0.05, 0.1) is 11.0 Å². The number of nitrogens with one attached hydrogen (secondary N) is 2. The molecule has 0 atom stereocenters. The van der Waals surface area contributed by atoms with E-state index in [2.05, 4.69) is 15.0 Å². The lowest BCUT2D eigenvalue weighted by Crippen LogP contribution is -2.44. The first-order valence-corrected chi connectivity index (χ1v) is 7.86. The number of alkyl halides is 3. The molecule has 8 nitrogen and oxygen atoms in total. The van der Waals surface area contributed by atoms with Gasteiger partial charge in [-0.3, -0.25) is 14.9 Å². The van der Waals surface area contributed by atoms with E-state index in [1.807, 2.05) is 5.32 Å². The summed E-state index contributed by atoms with van der Waals surface area (Å²) in [6, 6.07) is 4.81. The minimum absolute atomic E-state index is 0.0701. The van der Waals surface area contributed by atoms with Crippen molar-refractivity contribution in [3.8, 4) is 0 Å². The summed E-state index contributed by atoms with van der Waals surface area (Å²) in [7, 11) is 0. The number of carbonyl (C=O) groups is 3. The molecule has 3 amide bonds. The number of para-hydroxylation sites is 2. The fourth-order valence-corrected chi connectivity index (χ4v) is 2.23. The van der Waals surface area contributed by atoms with Crippen molar-refractivity contribution in [2.45, 2.75) is 32.6 Å². The smallest absolute Gasteiger partial charge is 0.449 e. The van der Waals surface area contributed by atoms with Crippen LogP contribution in [-0.2, 0) is 27.0 Å². The number of halogens is 3. The standard InChI is InChI=1S/C16H17F3N4O4/c1-9(2)20-15(26)22-12(24)8-27-13(25)7-23-11-6-4-3-5-10(11)21-14(23)16(17,18)19/h3-6,9H,7-8H2,1-2H3,(H2,20,22,24,26). The Bertz CT molecular complexity index is 861. The number of hydrogen-bond acceptors (Lipinski definition) is 5. The van der Waals surface area contributed by atoms with Gasteiger partial charge in [-0.05, 0) is 26.0 Å². The maximum Gasteiger partial charge on any atom is 0.449 e. The van der Waals surface area contributed by atoms with Crippen molar-refractivity contribution in [2.75, 3.05) is 6.61 Å². The van der Waals surface area contributed by atoms with Gasteiger partial charge in [-0.2, -0.15) is 13.2 Å². The molecule has 0 fully saturated rings. The molecule has 0 aliphatic heterocycles. The summed E-state index contributed by atoms with van der Waals surface area (Å²) in [5, 5.41) is 4.32. The highest BCUT2D eigenvalue weighted by Gasteiger charge is 2.38. The third-order valence-electron chi connectivity index (χ3n) is 3.23. The van der Waals surface area contributed by atoms with Gasteiger partial charge >= 0.3 is 18.2 Å². The lowest BCUT2D eigenvalue weighted by molar-refractivity contribution is -0.153. The Morgan fingerprint density at radius 2 is 1.89 bits per heavy atom. The molecule has 0 unspecified atom stereocenters. The van der Waals surface area contributed by atoms with E-state index in [1.54, 1.807) is 13.8 Å². The van der Waals surface area contributed by atoms with Crippen LogP contribution in [0.25, 0.3) is 11.0 Å². The molecule has 146 valence electrons. The highest BCUT2D eigenvalue weighted by molar-refractivity contribution is 5.95. The number of amides is 3. The van der Waals surface area contributed by atoms with E-state index in [0.717, 1.165) is 0 Å². The number of fused-ring (bicyclic) bond motifs is 1. The predicted molar refractivity (Wildman–Crippen MR) is 87.5 cm³/mol. The SMILES string of the molecule is CC(C)NC(=O)NC(=O)COC(=O)Cn1c(C(F)(F)F)nc2ccccc21. The molecule has 2 N–H and O–H groups in total. The fraction of sp³-hybridized carbons (Fsp3) is 0.375. The molecule has 0 saturated heterocycles. The number of nitrogens with zero attached hydrogens (tertiary/aromatic N) is 2. The zero-order valence-electron chi connectivity index (χ0n) is 14.5. The zero-order chi connectivity index (χ0) is 20.2. The van der Waals surface area contributed by atoms with E-state index >= 15 is 0 Å². The topological polar surface area (TPSA) is 102 Å². The normalized spacial score (nSPS) is 11.5. The van der Waals surface area contributed by atoms with Crippen molar-refractivity contribution in [1.82, 2.24) is 20.2 Å². The molecule has 0 aliphatic rings. The Hall–Kier alpha value is -3.11. The number of hydrogen-bond donors (Lipinski definition) is 2. The highest BCUT2D eigenvalue weighted by Crippen LogP contribution is 2.31. The van der Waals surface area contributed by atoms with Crippen molar-refractivity contribution in [2.24, 2.45) is 0 Å². The number of urea groups is 1. The predicted octanol–water partition coefficient (Wildman–Crippen LogP) is 1.83. The number of benzene rings is 1. The van der Waals surface area contributed by atoms with Gasteiger partial charge in [-0.15, -0.1) is 0 Å². The second-order valence-electron chi connectivity index (χ2n) is 5.85. The Labute approximate surface area is 151 Å².